The molecule has 4 aromatic rings. The van der Waals surface area contributed by atoms with Crippen LogP contribution in [0.1, 0.15) is 61.2 Å². The lowest BCUT2D eigenvalue weighted by molar-refractivity contribution is -0.121. The number of hydrogen-bond donors (Lipinski definition) is 2. The molecule has 1 aliphatic rings. The lowest BCUT2D eigenvalue weighted by Crippen LogP contribution is -2.32. The molecule has 1 aliphatic heterocycles. The monoisotopic (exact) mass is 643 g/mol. The number of nitrogens with one attached hydrogen (secondary N) is 2. The van der Waals surface area contributed by atoms with Crippen LogP contribution in [0.25, 0.3) is 11.0 Å². The van der Waals surface area contributed by atoms with Gasteiger partial charge < -0.3 is 24.7 Å². The molecule has 0 unspecified atom stereocenters. The fourth-order valence-corrected chi connectivity index (χ4v) is 5.26. The Morgan fingerprint density at radius 3 is 2.41 bits per heavy atom. The Bertz CT molecular complexity index is 1680. The van der Waals surface area contributed by atoms with Gasteiger partial charge in [-0.1, -0.05) is 66.1 Å². The molecule has 0 bridgehead atoms. The van der Waals surface area contributed by atoms with Crippen LogP contribution in [0, 0.1) is 6.92 Å². The number of para-hydroxylation sites is 1. The number of benzene rings is 3. The predicted octanol–water partition coefficient (Wildman–Crippen LogP) is 7.21. The number of nitrogens with zero attached hydrogens (tertiary/aromatic N) is 1. The first-order chi connectivity index (χ1) is 22.3. The molecule has 2 N–H and O–H groups in total. The minimum atomic E-state index is -0.425. The summed E-state index contributed by atoms with van der Waals surface area (Å²) in [5.41, 5.74) is 4.85. The minimum absolute atomic E-state index is 0.0116. The van der Waals surface area contributed by atoms with Crippen LogP contribution in [0.5, 0.6) is 5.75 Å². The van der Waals surface area contributed by atoms with E-state index in [-0.39, 0.29) is 17.1 Å². The molecule has 3 aromatic carbocycles. The summed E-state index contributed by atoms with van der Waals surface area (Å²) in [6, 6.07) is 22.1. The standard InChI is InChI=1S/C30H35N3O5.C7H7Cl/c1-3-7-29(35)32-20-22-8-5-6-9-25(22)33-16-13-21(14-17-33)12-15-31-30(36)28-19-26(34)24-18-23(37-4-2)10-11-27(24)38-28;1-6-2-4-7(8)5-3-6/h5-6,8-12,18-19H,3-4,7,13-17,20H2,1-2H3,(H,31,36)(H,32,35);2-5H,1H3. The average molecular weight is 644 g/mol. The summed E-state index contributed by atoms with van der Waals surface area (Å²) in [6.45, 7) is 9.02. The number of fused-ring (bicyclic) bond motifs is 1. The minimum Gasteiger partial charge on any atom is -0.494 e. The molecule has 0 atom stereocenters. The third-order valence-corrected chi connectivity index (χ3v) is 7.84. The van der Waals surface area contributed by atoms with Gasteiger partial charge >= 0.3 is 0 Å². The molecule has 1 aromatic heterocycles. The van der Waals surface area contributed by atoms with E-state index in [2.05, 4.69) is 27.7 Å². The molecule has 8 nitrogen and oxygen atoms in total. The van der Waals surface area contributed by atoms with Gasteiger partial charge in [0.2, 0.25) is 5.91 Å². The number of hydrogen-bond acceptors (Lipinski definition) is 6. The molecule has 2 amide bonds. The summed E-state index contributed by atoms with van der Waals surface area (Å²) in [5.74, 6) is 0.227. The van der Waals surface area contributed by atoms with Crippen molar-refractivity contribution in [1.29, 1.82) is 0 Å². The van der Waals surface area contributed by atoms with E-state index in [9.17, 15) is 14.4 Å². The molecule has 0 aliphatic carbocycles. The second kappa shape index (κ2) is 17.2. The number of halogens is 1. The van der Waals surface area contributed by atoms with Crippen LogP contribution in [-0.2, 0) is 11.3 Å². The maximum absolute atomic E-state index is 12.6. The molecule has 1 saturated heterocycles. The van der Waals surface area contributed by atoms with Gasteiger partial charge in [-0.3, -0.25) is 14.4 Å². The number of anilines is 1. The van der Waals surface area contributed by atoms with Crippen molar-refractivity contribution >= 4 is 40.1 Å². The summed E-state index contributed by atoms with van der Waals surface area (Å²) >= 11 is 5.61. The fraction of sp³-hybridized carbons (Fsp3) is 0.324. The second-order valence-corrected chi connectivity index (χ2v) is 11.5. The van der Waals surface area contributed by atoms with E-state index >= 15 is 0 Å². The molecule has 0 spiro atoms. The lowest BCUT2D eigenvalue weighted by atomic mass is 10.0. The maximum atomic E-state index is 12.6. The van der Waals surface area contributed by atoms with Gasteiger partial charge in [-0.2, -0.15) is 0 Å². The second-order valence-electron chi connectivity index (χ2n) is 11.1. The maximum Gasteiger partial charge on any atom is 0.287 e. The highest BCUT2D eigenvalue weighted by atomic mass is 35.5. The van der Waals surface area contributed by atoms with Gasteiger partial charge in [0.1, 0.15) is 11.3 Å². The number of piperidine rings is 1. The molecule has 1 fully saturated rings. The zero-order valence-electron chi connectivity index (χ0n) is 26.7. The van der Waals surface area contributed by atoms with Crippen molar-refractivity contribution < 1.29 is 18.7 Å². The summed E-state index contributed by atoms with van der Waals surface area (Å²) in [7, 11) is 0. The average Bonchev–Trinajstić information content (AvgIpc) is 3.06. The van der Waals surface area contributed by atoms with E-state index in [1.807, 2.05) is 63.2 Å². The number of rotatable bonds is 10. The first kappa shape index (κ1) is 34.3. The number of aryl methyl sites for hydroxylation is 1. The Hall–Kier alpha value is -4.56. The van der Waals surface area contributed by atoms with Crippen molar-refractivity contribution in [3.8, 4) is 5.75 Å². The van der Waals surface area contributed by atoms with Crippen molar-refractivity contribution in [1.82, 2.24) is 10.6 Å². The summed E-state index contributed by atoms with van der Waals surface area (Å²) in [6.07, 6.45) is 5.19. The van der Waals surface area contributed by atoms with Crippen molar-refractivity contribution in [2.24, 2.45) is 0 Å². The molecule has 5 rings (SSSR count). The fourth-order valence-electron chi connectivity index (χ4n) is 5.13. The van der Waals surface area contributed by atoms with Crippen LogP contribution in [0.4, 0.5) is 5.69 Å². The van der Waals surface area contributed by atoms with E-state index in [4.69, 9.17) is 20.8 Å². The van der Waals surface area contributed by atoms with Crippen molar-refractivity contribution in [3.05, 3.63) is 117 Å². The number of carbonyl (C=O) groups is 2. The van der Waals surface area contributed by atoms with Crippen LogP contribution in [0.2, 0.25) is 5.02 Å². The molecular formula is C37H42ClN3O5. The van der Waals surface area contributed by atoms with Gasteiger partial charge in [-0.25, -0.2) is 0 Å². The first-order valence-corrected chi connectivity index (χ1v) is 16.1. The normalized spacial score (nSPS) is 12.6. The topological polar surface area (TPSA) is 101 Å². The van der Waals surface area contributed by atoms with Gasteiger partial charge in [0.25, 0.3) is 5.91 Å². The molecule has 2 heterocycles. The Balaban J connectivity index is 0.000000523. The van der Waals surface area contributed by atoms with Crippen molar-refractivity contribution in [2.75, 3.05) is 31.1 Å². The quantitative estimate of drug-likeness (QED) is 0.177. The third kappa shape index (κ3) is 9.97. The highest BCUT2D eigenvalue weighted by molar-refractivity contribution is 6.30. The molecule has 242 valence electrons. The Labute approximate surface area is 275 Å². The van der Waals surface area contributed by atoms with Gasteiger partial charge in [0.05, 0.1) is 12.0 Å². The summed E-state index contributed by atoms with van der Waals surface area (Å²) < 4.78 is 11.1. The first-order valence-electron chi connectivity index (χ1n) is 15.8. The van der Waals surface area contributed by atoms with Crippen molar-refractivity contribution in [2.45, 2.75) is 53.0 Å². The van der Waals surface area contributed by atoms with E-state index in [0.717, 1.165) is 48.6 Å². The van der Waals surface area contributed by atoms with E-state index < -0.39 is 5.91 Å². The summed E-state index contributed by atoms with van der Waals surface area (Å²) in [5, 5.41) is 7.03. The molecular weight excluding hydrogens is 602 g/mol. The van der Waals surface area contributed by atoms with Crippen LogP contribution in [0.3, 0.4) is 0 Å². The van der Waals surface area contributed by atoms with Gasteiger partial charge in [-0.15, -0.1) is 0 Å². The van der Waals surface area contributed by atoms with E-state index in [0.29, 0.717) is 42.8 Å². The zero-order valence-corrected chi connectivity index (χ0v) is 27.5. The smallest absolute Gasteiger partial charge is 0.287 e. The predicted molar refractivity (Wildman–Crippen MR) is 185 cm³/mol. The van der Waals surface area contributed by atoms with Crippen LogP contribution < -0.4 is 25.7 Å². The molecule has 0 radical (unpaired) electrons. The summed E-state index contributed by atoms with van der Waals surface area (Å²) in [4.78, 5) is 39.4. The lowest BCUT2D eigenvalue weighted by Gasteiger charge is -2.32. The van der Waals surface area contributed by atoms with Gasteiger partial charge in [0, 0.05) is 49.4 Å². The van der Waals surface area contributed by atoms with Crippen LogP contribution >= 0.6 is 11.6 Å². The van der Waals surface area contributed by atoms with Crippen molar-refractivity contribution in [3.63, 3.8) is 0 Å². The highest BCUT2D eigenvalue weighted by Gasteiger charge is 2.18. The Kier molecular flexibility index (Phi) is 12.8. The van der Waals surface area contributed by atoms with Gasteiger partial charge in [0.15, 0.2) is 11.2 Å². The highest BCUT2D eigenvalue weighted by Crippen LogP contribution is 2.26. The number of carbonyl (C=O) groups excluding carboxylic acids is 2. The number of ether oxygens (including phenoxy) is 1. The number of amides is 2. The van der Waals surface area contributed by atoms with Gasteiger partial charge in [-0.05, 0) is 75.1 Å². The largest absolute Gasteiger partial charge is 0.494 e. The zero-order chi connectivity index (χ0) is 32.9. The van der Waals surface area contributed by atoms with Crippen LogP contribution in [-0.4, -0.2) is 38.1 Å². The third-order valence-electron chi connectivity index (χ3n) is 7.59. The van der Waals surface area contributed by atoms with E-state index in [1.54, 1.807) is 18.2 Å². The van der Waals surface area contributed by atoms with Crippen LogP contribution in [0.15, 0.2) is 93.7 Å². The Morgan fingerprint density at radius 2 is 1.72 bits per heavy atom. The Morgan fingerprint density at radius 1 is 0.978 bits per heavy atom. The van der Waals surface area contributed by atoms with E-state index in [1.165, 1.54) is 17.2 Å². The SMILES string of the molecule is CCCC(=O)NCc1ccccc1N1CCC(=CCNC(=O)c2cc(=O)c3cc(OCC)ccc3o2)CC1.Cc1ccc(Cl)cc1. The molecule has 46 heavy (non-hydrogen) atoms. The molecule has 0 saturated carbocycles. The molecule has 9 heteroatoms.